The van der Waals surface area contributed by atoms with Crippen LogP contribution in [0.2, 0.25) is 0 Å². The zero-order chi connectivity index (χ0) is 17.3. The molecule has 2 nitrogen and oxygen atoms in total. The van der Waals surface area contributed by atoms with Crippen LogP contribution in [0.15, 0.2) is 0 Å². The summed E-state index contributed by atoms with van der Waals surface area (Å²) in [6.45, 7) is 14.2. The highest BCUT2D eigenvalue weighted by Gasteiger charge is 2.42. The first kappa shape index (κ1) is 18.6. The zero-order valence-corrected chi connectivity index (χ0v) is 16.4. The van der Waals surface area contributed by atoms with Gasteiger partial charge < -0.3 is 9.80 Å². The standard InChI is InChI=1S/C21H39FN2/c1-16(2)18-5-9-23(10-6-18)15-21(22)7-11-24(12-8-21)20-13-19(14-20)17(3)4/h16-20H,5-15H2,1-4H3. The molecular formula is C21H39FN2. The summed E-state index contributed by atoms with van der Waals surface area (Å²) in [6.07, 6.45) is 6.72. The molecule has 0 aromatic carbocycles. The van der Waals surface area contributed by atoms with Crippen molar-refractivity contribution in [3.63, 3.8) is 0 Å². The van der Waals surface area contributed by atoms with E-state index in [1.165, 1.54) is 25.7 Å². The number of nitrogens with zero attached hydrogens (tertiary/aromatic N) is 2. The third-order valence-electron chi connectivity index (χ3n) is 7.39. The average molecular weight is 339 g/mol. The van der Waals surface area contributed by atoms with E-state index in [4.69, 9.17) is 0 Å². The minimum Gasteiger partial charge on any atom is -0.300 e. The summed E-state index contributed by atoms with van der Waals surface area (Å²) in [6, 6.07) is 0.753. The van der Waals surface area contributed by atoms with Crippen LogP contribution in [0.3, 0.4) is 0 Å². The lowest BCUT2D eigenvalue weighted by Gasteiger charge is -2.49. The molecule has 3 heteroatoms. The van der Waals surface area contributed by atoms with Crippen molar-refractivity contribution in [1.29, 1.82) is 0 Å². The van der Waals surface area contributed by atoms with Crippen LogP contribution >= 0.6 is 0 Å². The molecule has 0 aromatic heterocycles. The molecule has 2 heterocycles. The molecule has 0 bridgehead atoms. The van der Waals surface area contributed by atoms with Crippen LogP contribution < -0.4 is 0 Å². The van der Waals surface area contributed by atoms with Gasteiger partial charge in [-0.05, 0) is 75.3 Å². The Hall–Kier alpha value is -0.150. The molecule has 0 unspecified atom stereocenters. The Morgan fingerprint density at radius 2 is 1.42 bits per heavy atom. The van der Waals surface area contributed by atoms with E-state index in [1.807, 2.05) is 0 Å². The molecule has 24 heavy (non-hydrogen) atoms. The first-order valence-electron chi connectivity index (χ1n) is 10.5. The average Bonchev–Trinajstić information content (AvgIpc) is 2.48. The molecule has 140 valence electrons. The van der Waals surface area contributed by atoms with Crippen molar-refractivity contribution in [3.05, 3.63) is 0 Å². The van der Waals surface area contributed by atoms with Gasteiger partial charge in [0, 0.05) is 25.7 Å². The summed E-state index contributed by atoms with van der Waals surface area (Å²) in [5, 5.41) is 0. The largest absolute Gasteiger partial charge is 0.300 e. The highest BCUT2D eigenvalue weighted by molar-refractivity contribution is 4.95. The molecule has 0 spiro atoms. The number of halogens is 1. The van der Waals surface area contributed by atoms with Crippen LogP contribution in [0.25, 0.3) is 0 Å². The normalized spacial score (nSPS) is 33.1. The maximum absolute atomic E-state index is 15.3. The van der Waals surface area contributed by atoms with Crippen LogP contribution in [0.5, 0.6) is 0 Å². The SMILES string of the molecule is CC(C)C1CCN(CC2(F)CCN(C3CC(C(C)C)C3)CC2)CC1. The van der Waals surface area contributed by atoms with Gasteiger partial charge in [0.25, 0.3) is 0 Å². The number of likely N-dealkylation sites (tertiary alicyclic amines) is 2. The Morgan fingerprint density at radius 1 is 0.875 bits per heavy atom. The minimum absolute atomic E-state index is 0.685. The van der Waals surface area contributed by atoms with Gasteiger partial charge in [-0.2, -0.15) is 0 Å². The Bertz CT molecular complexity index is 387. The second-order valence-electron chi connectivity index (χ2n) is 9.67. The number of rotatable bonds is 5. The topological polar surface area (TPSA) is 6.48 Å². The third kappa shape index (κ3) is 4.33. The van der Waals surface area contributed by atoms with Crippen LogP contribution in [0, 0.1) is 23.7 Å². The maximum Gasteiger partial charge on any atom is 0.126 e. The van der Waals surface area contributed by atoms with Crippen molar-refractivity contribution in [3.8, 4) is 0 Å². The molecule has 3 rings (SSSR count). The van der Waals surface area contributed by atoms with Crippen molar-refractivity contribution in [2.45, 2.75) is 77.9 Å². The molecule has 0 N–H and O–H groups in total. The molecule has 1 aliphatic carbocycles. The molecule has 3 fully saturated rings. The molecule has 0 radical (unpaired) electrons. The minimum atomic E-state index is -0.928. The van der Waals surface area contributed by atoms with Gasteiger partial charge >= 0.3 is 0 Å². The van der Waals surface area contributed by atoms with E-state index < -0.39 is 5.67 Å². The molecule has 3 aliphatic rings. The third-order valence-corrected chi connectivity index (χ3v) is 7.39. The van der Waals surface area contributed by atoms with Crippen molar-refractivity contribution in [2.24, 2.45) is 23.7 Å². The Balaban J connectivity index is 1.39. The summed E-state index contributed by atoms with van der Waals surface area (Å²) in [5.41, 5.74) is -0.928. The number of alkyl halides is 1. The van der Waals surface area contributed by atoms with Crippen LogP contribution in [0.4, 0.5) is 4.39 Å². The molecule has 1 saturated carbocycles. The van der Waals surface area contributed by atoms with E-state index in [0.717, 1.165) is 68.7 Å². The van der Waals surface area contributed by atoms with Gasteiger partial charge in [-0.25, -0.2) is 4.39 Å². The van der Waals surface area contributed by atoms with Gasteiger partial charge in [0.15, 0.2) is 0 Å². The molecule has 0 atom stereocenters. The van der Waals surface area contributed by atoms with E-state index in [2.05, 4.69) is 37.5 Å². The highest BCUT2D eigenvalue weighted by atomic mass is 19.1. The van der Waals surface area contributed by atoms with Crippen LogP contribution in [0.1, 0.15) is 66.2 Å². The Kier molecular flexibility index (Phi) is 5.91. The number of hydrogen-bond donors (Lipinski definition) is 0. The van der Waals surface area contributed by atoms with Gasteiger partial charge in [0.1, 0.15) is 5.67 Å². The van der Waals surface area contributed by atoms with Crippen LogP contribution in [-0.4, -0.2) is 54.2 Å². The number of hydrogen-bond acceptors (Lipinski definition) is 2. The summed E-state index contributed by atoms with van der Waals surface area (Å²) >= 11 is 0. The Labute approximate surface area is 149 Å². The van der Waals surface area contributed by atoms with Crippen molar-refractivity contribution < 1.29 is 4.39 Å². The molecule has 0 aromatic rings. The van der Waals surface area contributed by atoms with E-state index in [9.17, 15) is 0 Å². The fourth-order valence-corrected chi connectivity index (χ4v) is 5.10. The molecule has 2 aliphatic heterocycles. The monoisotopic (exact) mass is 338 g/mol. The lowest BCUT2D eigenvalue weighted by atomic mass is 9.72. The van der Waals surface area contributed by atoms with Crippen molar-refractivity contribution in [1.82, 2.24) is 9.80 Å². The highest BCUT2D eigenvalue weighted by Crippen LogP contribution is 2.39. The molecular weight excluding hydrogens is 299 g/mol. The van der Waals surface area contributed by atoms with Gasteiger partial charge in [-0.1, -0.05) is 27.7 Å². The summed E-state index contributed by atoms with van der Waals surface area (Å²) < 4.78 is 15.3. The van der Waals surface area contributed by atoms with Gasteiger partial charge in [0.05, 0.1) is 0 Å². The van der Waals surface area contributed by atoms with Crippen molar-refractivity contribution >= 4 is 0 Å². The first-order valence-corrected chi connectivity index (χ1v) is 10.5. The Morgan fingerprint density at radius 3 is 1.92 bits per heavy atom. The van der Waals surface area contributed by atoms with E-state index >= 15 is 4.39 Å². The first-order chi connectivity index (χ1) is 11.4. The van der Waals surface area contributed by atoms with Gasteiger partial charge in [-0.15, -0.1) is 0 Å². The summed E-state index contributed by atoms with van der Waals surface area (Å²) in [7, 11) is 0. The van der Waals surface area contributed by atoms with E-state index in [-0.39, 0.29) is 0 Å². The van der Waals surface area contributed by atoms with Crippen molar-refractivity contribution in [2.75, 3.05) is 32.7 Å². The van der Waals surface area contributed by atoms with E-state index in [1.54, 1.807) is 0 Å². The summed E-state index contributed by atoms with van der Waals surface area (Å²) in [5.74, 6) is 3.37. The lowest BCUT2D eigenvalue weighted by Crippen LogP contribution is -2.54. The van der Waals surface area contributed by atoms with E-state index in [0.29, 0.717) is 6.54 Å². The molecule has 0 amide bonds. The summed E-state index contributed by atoms with van der Waals surface area (Å²) in [4.78, 5) is 4.99. The lowest BCUT2D eigenvalue weighted by molar-refractivity contribution is -0.0255. The van der Waals surface area contributed by atoms with Gasteiger partial charge in [0.2, 0.25) is 0 Å². The predicted octanol–water partition coefficient (Wildman–Crippen LogP) is 4.59. The fraction of sp³-hybridized carbons (Fsp3) is 1.00. The van der Waals surface area contributed by atoms with Crippen LogP contribution in [-0.2, 0) is 0 Å². The smallest absolute Gasteiger partial charge is 0.126 e. The predicted molar refractivity (Wildman–Crippen MR) is 100.0 cm³/mol. The quantitative estimate of drug-likeness (QED) is 0.723. The number of piperidine rings is 2. The fourth-order valence-electron chi connectivity index (χ4n) is 5.10. The zero-order valence-electron chi connectivity index (χ0n) is 16.4. The second kappa shape index (κ2) is 7.61. The second-order valence-corrected chi connectivity index (χ2v) is 9.67. The molecule has 2 saturated heterocycles. The maximum atomic E-state index is 15.3. The van der Waals surface area contributed by atoms with Gasteiger partial charge in [-0.3, -0.25) is 0 Å².